The fourth-order valence-electron chi connectivity index (χ4n) is 3.73. The van der Waals surface area contributed by atoms with Gasteiger partial charge in [0.25, 0.3) is 5.91 Å². The number of rotatable bonds is 4. The third-order valence-corrected chi connectivity index (χ3v) is 6.41. The van der Waals surface area contributed by atoms with Gasteiger partial charge in [0.15, 0.2) is 5.43 Å². The quantitative estimate of drug-likeness (QED) is 0.461. The smallest absolute Gasteiger partial charge is 0.290 e. The van der Waals surface area contributed by atoms with Gasteiger partial charge in [-0.05, 0) is 48.7 Å². The molecule has 29 heavy (non-hydrogen) atoms. The Morgan fingerprint density at radius 3 is 2.48 bits per heavy atom. The molecule has 3 aromatic rings. The molecule has 1 aliphatic heterocycles. The molecule has 4 nitrogen and oxygen atoms in total. The molecular weight excluding hydrogens is 433 g/mol. The minimum Gasteiger partial charge on any atom is -0.450 e. The number of fused-ring (bicyclic) bond motifs is 2. The van der Waals surface area contributed by atoms with E-state index in [-0.39, 0.29) is 17.1 Å². The fraction of sp³-hybridized carbons (Fsp3) is 0.273. The number of carbonyl (C=O) groups excluding carboxylic acids is 1. The Labute approximate surface area is 183 Å². The molecule has 0 bridgehead atoms. The highest BCUT2D eigenvalue weighted by Gasteiger charge is 2.42. The van der Waals surface area contributed by atoms with E-state index in [4.69, 9.17) is 39.2 Å². The lowest BCUT2D eigenvalue weighted by atomic mass is 9.98. The van der Waals surface area contributed by atoms with Crippen LogP contribution in [0.2, 0.25) is 15.1 Å². The standard InChI is InChI=1S/C22H18Cl3NO3/c1-3-4-7-26-19(12-5-6-14(23)16(25)9-12)18-20(27)13-10-15(24)11(2)8-17(13)29-21(18)22(26)28/h5-6,8-10,19H,3-4,7H2,1-2H3. The first-order valence-electron chi connectivity index (χ1n) is 9.36. The number of halogens is 3. The summed E-state index contributed by atoms with van der Waals surface area (Å²) in [6, 6.07) is 7.86. The second-order valence-corrected chi connectivity index (χ2v) is 8.42. The van der Waals surface area contributed by atoms with Gasteiger partial charge in [0.2, 0.25) is 5.76 Å². The van der Waals surface area contributed by atoms with Gasteiger partial charge in [-0.2, -0.15) is 0 Å². The first kappa shape index (κ1) is 20.3. The van der Waals surface area contributed by atoms with Crippen LogP contribution in [-0.4, -0.2) is 17.4 Å². The molecule has 1 aliphatic rings. The van der Waals surface area contributed by atoms with Crippen LogP contribution in [0, 0.1) is 6.92 Å². The van der Waals surface area contributed by atoms with Gasteiger partial charge in [-0.15, -0.1) is 0 Å². The predicted octanol–water partition coefficient (Wildman–Crippen LogP) is 6.41. The van der Waals surface area contributed by atoms with E-state index >= 15 is 0 Å². The minimum absolute atomic E-state index is 0.0800. The van der Waals surface area contributed by atoms with Gasteiger partial charge in [-0.25, -0.2) is 0 Å². The van der Waals surface area contributed by atoms with Crippen LogP contribution in [0.5, 0.6) is 0 Å². The number of amides is 1. The van der Waals surface area contributed by atoms with Gasteiger partial charge in [0.05, 0.1) is 27.0 Å². The molecule has 0 saturated carbocycles. The molecule has 0 aliphatic carbocycles. The second kappa shape index (κ2) is 7.67. The van der Waals surface area contributed by atoms with E-state index in [1.807, 2.05) is 13.8 Å². The molecule has 7 heteroatoms. The van der Waals surface area contributed by atoms with Crippen molar-refractivity contribution in [3.8, 4) is 0 Å². The van der Waals surface area contributed by atoms with Crippen molar-refractivity contribution in [2.24, 2.45) is 0 Å². The number of nitrogens with zero attached hydrogens (tertiary/aromatic N) is 1. The maximum Gasteiger partial charge on any atom is 0.290 e. The van der Waals surface area contributed by atoms with E-state index in [2.05, 4.69) is 0 Å². The Bertz CT molecular complexity index is 1200. The normalized spacial score (nSPS) is 16.0. The van der Waals surface area contributed by atoms with Crippen molar-refractivity contribution < 1.29 is 9.21 Å². The minimum atomic E-state index is -0.584. The first-order valence-corrected chi connectivity index (χ1v) is 10.5. The van der Waals surface area contributed by atoms with Crippen LogP contribution in [-0.2, 0) is 0 Å². The molecule has 1 amide bonds. The molecule has 2 aromatic carbocycles. The summed E-state index contributed by atoms with van der Waals surface area (Å²) < 4.78 is 5.94. The van der Waals surface area contributed by atoms with Gasteiger partial charge < -0.3 is 9.32 Å². The Kier molecular flexibility index (Phi) is 5.36. The molecule has 1 aromatic heterocycles. The second-order valence-electron chi connectivity index (χ2n) is 7.20. The third kappa shape index (κ3) is 3.33. The summed E-state index contributed by atoms with van der Waals surface area (Å²) in [5.41, 5.74) is 1.90. The highest BCUT2D eigenvalue weighted by molar-refractivity contribution is 6.42. The van der Waals surface area contributed by atoms with Crippen molar-refractivity contribution in [1.29, 1.82) is 0 Å². The lowest BCUT2D eigenvalue weighted by Crippen LogP contribution is -2.30. The molecule has 4 rings (SSSR count). The Morgan fingerprint density at radius 1 is 1.03 bits per heavy atom. The number of hydrogen-bond donors (Lipinski definition) is 0. The maximum atomic E-state index is 13.4. The topological polar surface area (TPSA) is 50.5 Å². The number of hydrogen-bond acceptors (Lipinski definition) is 3. The maximum absolute atomic E-state index is 13.4. The van der Waals surface area contributed by atoms with E-state index in [0.717, 1.165) is 18.4 Å². The molecular formula is C22H18Cl3NO3. The molecule has 0 radical (unpaired) electrons. The van der Waals surface area contributed by atoms with E-state index < -0.39 is 6.04 Å². The van der Waals surface area contributed by atoms with Crippen molar-refractivity contribution in [1.82, 2.24) is 4.90 Å². The van der Waals surface area contributed by atoms with Gasteiger partial charge >= 0.3 is 0 Å². The first-order chi connectivity index (χ1) is 13.8. The molecule has 1 unspecified atom stereocenters. The Hall–Kier alpha value is -2.01. The SMILES string of the molecule is CCCCN1C(=O)c2oc3cc(C)c(Cl)cc3c(=O)c2C1c1ccc(Cl)c(Cl)c1. The lowest BCUT2D eigenvalue weighted by Gasteiger charge is -2.25. The average molecular weight is 451 g/mol. The summed E-state index contributed by atoms with van der Waals surface area (Å²) in [6.07, 6.45) is 1.71. The van der Waals surface area contributed by atoms with Crippen molar-refractivity contribution in [3.05, 3.63) is 78.1 Å². The monoisotopic (exact) mass is 449 g/mol. The van der Waals surface area contributed by atoms with Gasteiger partial charge in [-0.1, -0.05) is 54.2 Å². The summed E-state index contributed by atoms with van der Waals surface area (Å²) in [5.74, 6) is -0.215. The number of unbranched alkanes of at least 4 members (excludes halogenated alkanes) is 1. The van der Waals surface area contributed by atoms with Crippen molar-refractivity contribution in [3.63, 3.8) is 0 Å². The molecule has 0 saturated heterocycles. The van der Waals surface area contributed by atoms with Gasteiger partial charge in [0.1, 0.15) is 5.58 Å². The Morgan fingerprint density at radius 2 is 1.79 bits per heavy atom. The van der Waals surface area contributed by atoms with Crippen LogP contribution in [0.1, 0.15) is 53.1 Å². The van der Waals surface area contributed by atoms with Crippen molar-refractivity contribution >= 4 is 51.7 Å². The largest absolute Gasteiger partial charge is 0.450 e. The molecule has 0 spiro atoms. The molecule has 2 heterocycles. The van der Waals surface area contributed by atoms with Crippen LogP contribution < -0.4 is 5.43 Å². The fourth-order valence-corrected chi connectivity index (χ4v) is 4.20. The summed E-state index contributed by atoms with van der Waals surface area (Å²) in [4.78, 5) is 28.3. The van der Waals surface area contributed by atoms with Crippen LogP contribution in [0.15, 0.2) is 39.5 Å². The molecule has 0 N–H and O–H groups in total. The third-order valence-electron chi connectivity index (χ3n) is 5.26. The summed E-state index contributed by atoms with van der Waals surface area (Å²) >= 11 is 18.5. The molecule has 0 fully saturated rings. The number of benzene rings is 2. The predicted molar refractivity (Wildman–Crippen MR) is 116 cm³/mol. The van der Waals surface area contributed by atoms with Crippen LogP contribution in [0.3, 0.4) is 0 Å². The highest BCUT2D eigenvalue weighted by Crippen LogP contribution is 2.40. The molecule has 150 valence electrons. The average Bonchev–Trinajstić information content (AvgIpc) is 2.96. The summed E-state index contributed by atoms with van der Waals surface area (Å²) in [6.45, 7) is 4.37. The van der Waals surface area contributed by atoms with Gasteiger partial charge in [0, 0.05) is 11.6 Å². The molecule has 1 atom stereocenters. The van der Waals surface area contributed by atoms with Crippen LogP contribution in [0.25, 0.3) is 11.0 Å². The lowest BCUT2D eigenvalue weighted by molar-refractivity contribution is 0.0725. The van der Waals surface area contributed by atoms with Crippen LogP contribution >= 0.6 is 34.8 Å². The number of carbonyl (C=O) groups is 1. The number of aryl methyl sites for hydroxylation is 1. The zero-order valence-corrected chi connectivity index (χ0v) is 18.2. The van der Waals surface area contributed by atoms with E-state index in [0.29, 0.717) is 43.7 Å². The highest BCUT2D eigenvalue weighted by atomic mass is 35.5. The van der Waals surface area contributed by atoms with Crippen molar-refractivity contribution in [2.45, 2.75) is 32.7 Å². The van der Waals surface area contributed by atoms with Crippen molar-refractivity contribution in [2.75, 3.05) is 6.54 Å². The summed E-state index contributed by atoms with van der Waals surface area (Å²) in [5, 5.41) is 1.61. The van der Waals surface area contributed by atoms with Crippen LogP contribution in [0.4, 0.5) is 0 Å². The summed E-state index contributed by atoms with van der Waals surface area (Å²) in [7, 11) is 0. The van der Waals surface area contributed by atoms with Gasteiger partial charge in [-0.3, -0.25) is 9.59 Å². The van der Waals surface area contributed by atoms with E-state index in [1.54, 1.807) is 35.2 Å². The Balaban J connectivity index is 1.99. The van der Waals surface area contributed by atoms with E-state index in [1.165, 1.54) is 0 Å². The zero-order valence-electron chi connectivity index (χ0n) is 15.9. The van der Waals surface area contributed by atoms with E-state index in [9.17, 15) is 9.59 Å². The zero-order chi connectivity index (χ0) is 20.9.